The van der Waals surface area contributed by atoms with Crippen molar-refractivity contribution >= 4 is 11.1 Å². The van der Waals surface area contributed by atoms with Crippen molar-refractivity contribution in [3.63, 3.8) is 0 Å². The molecule has 0 saturated heterocycles. The van der Waals surface area contributed by atoms with E-state index in [2.05, 4.69) is 0 Å². The Balaban J connectivity index is 2.68. The highest BCUT2D eigenvalue weighted by atomic mass is 32.2. The predicted octanol–water partition coefficient (Wildman–Crippen LogP) is 1.40. The number of hydrogen-bond donors (Lipinski definition) is 1. The lowest BCUT2D eigenvalue weighted by molar-refractivity contribution is 0.0525. The highest BCUT2D eigenvalue weighted by Gasteiger charge is 2.50. The molecule has 1 atom stereocenters. The van der Waals surface area contributed by atoms with E-state index in [1.54, 1.807) is 0 Å². The van der Waals surface area contributed by atoms with Gasteiger partial charge < -0.3 is 4.55 Å². The molecule has 0 heterocycles. The van der Waals surface area contributed by atoms with Crippen molar-refractivity contribution in [1.82, 2.24) is 0 Å². The molecule has 0 aromatic carbocycles. The van der Waals surface area contributed by atoms with Gasteiger partial charge in [-0.15, -0.1) is 0 Å². The van der Waals surface area contributed by atoms with Gasteiger partial charge in [0.2, 0.25) is 0 Å². The normalized spacial score (nSPS) is 26.0. The lowest BCUT2D eigenvalue weighted by Gasteiger charge is -2.36. The van der Waals surface area contributed by atoms with Gasteiger partial charge in [-0.2, -0.15) is 0 Å². The quantitative estimate of drug-likeness (QED) is 0.636. The molecule has 0 aromatic rings. The zero-order valence-corrected chi connectivity index (χ0v) is 6.03. The van der Waals surface area contributed by atoms with Crippen molar-refractivity contribution in [3.8, 4) is 0 Å². The van der Waals surface area contributed by atoms with Crippen molar-refractivity contribution in [2.45, 2.75) is 30.4 Å². The zero-order valence-electron chi connectivity index (χ0n) is 5.22. The van der Waals surface area contributed by atoms with Crippen LogP contribution in [0.4, 0.5) is 8.78 Å². The third kappa shape index (κ3) is 0.971. The van der Waals surface area contributed by atoms with Gasteiger partial charge in [-0.1, -0.05) is 0 Å². The SMILES string of the molecule is O=S(O)C1(C(F)F)CCC1. The lowest BCUT2D eigenvalue weighted by Crippen LogP contribution is -2.47. The maximum Gasteiger partial charge on any atom is 0.257 e. The first-order chi connectivity index (χ1) is 4.59. The fraction of sp³-hybridized carbons (Fsp3) is 1.00. The molecule has 0 spiro atoms. The molecule has 1 saturated carbocycles. The second-order valence-electron chi connectivity index (χ2n) is 2.47. The van der Waals surface area contributed by atoms with E-state index in [1.807, 2.05) is 0 Å². The summed E-state index contributed by atoms with van der Waals surface area (Å²) in [5.74, 6) is 0. The van der Waals surface area contributed by atoms with Crippen LogP contribution in [0.3, 0.4) is 0 Å². The van der Waals surface area contributed by atoms with Crippen molar-refractivity contribution in [1.29, 1.82) is 0 Å². The van der Waals surface area contributed by atoms with Crippen LogP contribution in [0.5, 0.6) is 0 Å². The smallest absolute Gasteiger partial charge is 0.257 e. The van der Waals surface area contributed by atoms with Crippen LogP contribution >= 0.6 is 0 Å². The van der Waals surface area contributed by atoms with E-state index in [0.29, 0.717) is 6.42 Å². The van der Waals surface area contributed by atoms with Gasteiger partial charge in [-0.25, -0.2) is 13.0 Å². The summed E-state index contributed by atoms with van der Waals surface area (Å²) in [5.41, 5.74) is 0. The van der Waals surface area contributed by atoms with E-state index in [0.717, 1.165) is 0 Å². The van der Waals surface area contributed by atoms with Crippen LogP contribution in [0, 0.1) is 0 Å². The highest BCUT2D eigenvalue weighted by molar-refractivity contribution is 7.80. The zero-order chi connectivity index (χ0) is 7.78. The van der Waals surface area contributed by atoms with Crippen LogP contribution in [-0.4, -0.2) is 19.9 Å². The molecule has 0 aromatic heterocycles. The van der Waals surface area contributed by atoms with Gasteiger partial charge in [-0.3, -0.25) is 0 Å². The van der Waals surface area contributed by atoms with E-state index < -0.39 is 22.3 Å². The van der Waals surface area contributed by atoms with Crippen LogP contribution < -0.4 is 0 Å². The third-order valence-electron chi connectivity index (χ3n) is 1.95. The van der Waals surface area contributed by atoms with Crippen LogP contribution in [0.25, 0.3) is 0 Å². The standard InChI is InChI=1S/C5H8F2O2S/c6-4(7)5(10(8)9)2-1-3-5/h4H,1-3H2,(H,8,9). The van der Waals surface area contributed by atoms with Gasteiger partial charge in [0.15, 0.2) is 11.1 Å². The summed E-state index contributed by atoms with van der Waals surface area (Å²) in [6.07, 6.45) is -1.68. The lowest BCUT2D eigenvalue weighted by atomic mass is 9.85. The minimum atomic E-state index is -2.66. The Morgan fingerprint density at radius 1 is 1.50 bits per heavy atom. The Morgan fingerprint density at radius 2 is 2.00 bits per heavy atom. The maximum absolute atomic E-state index is 12.0. The minimum absolute atomic E-state index is 0.174. The van der Waals surface area contributed by atoms with Crippen LogP contribution in [0.2, 0.25) is 0 Å². The molecule has 0 bridgehead atoms. The average Bonchev–Trinajstić information content (AvgIpc) is 1.57. The molecule has 0 amide bonds. The Bertz CT molecular complexity index is 156. The number of rotatable bonds is 2. The highest BCUT2D eigenvalue weighted by Crippen LogP contribution is 2.41. The summed E-state index contributed by atoms with van der Waals surface area (Å²) >= 11 is -2.36. The maximum atomic E-state index is 12.0. The minimum Gasteiger partial charge on any atom is -0.306 e. The molecule has 1 fully saturated rings. The van der Waals surface area contributed by atoms with Crippen LogP contribution in [-0.2, 0) is 11.1 Å². The molecule has 2 nitrogen and oxygen atoms in total. The fourth-order valence-electron chi connectivity index (χ4n) is 0.994. The summed E-state index contributed by atoms with van der Waals surface area (Å²) in [6.45, 7) is 0. The Labute approximate surface area is 59.9 Å². The third-order valence-corrected chi connectivity index (χ3v) is 3.23. The molecule has 5 heteroatoms. The molecule has 0 radical (unpaired) electrons. The van der Waals surface area contributed by atoms with Crippen LogP contribution in [0.15, 0.2) is 0 Å². The summed E-state index contributed by atoms with van der Waals surface area (Å²) < 4.78 is 41.3. The van der Waals surface area contributed by atoms with Crippen molar-refractivity contribution in [2.75, 3.05) is 0 Å². The van der Waals surface area contributed by atoms with E-state index in [1.165, 1.54) is 0 Å². The van der Waals surface area contributed by atoms with Gasteiger partial charge in [0, 0.05) is 0 Å². The first-order valence-corrected chi connectivity index (χ1v) is 4.09. The molecular weight excluding hydrogens is 162 g/mol. The Morgan fingerprint density at radius 3 is 2.00 bits per heavy atom. The van der Waals surface area contributed by atoms with Gasteiger partial charge in [0.1, 0.15) is 4.75 Å². The van der Waals surface area contributed by atoms with Gasteiger partial charge in [-0.05, 0) is 19.3 Å². The topological polar surface area (TPSA) is 37.3 Å². The first-order valence-electron chi connectivity index (χ1n) is 2.99. The summed E-state index contributed by atoms with van der Waals surface area (Å²) in [4.78, 5) is 0. The molecule has 1 N–H and O–H groups in total. The van der Waals surface area contributed by atoms with E-state index in [4.69, 9.17) is 4.55 Å². The average molecular weight is 170 g/mol. The molecular formula is C5H8F2O2S. The van der Waals surface area contributed by atoms with Gasteiger partial charge in [0.05, 0.1) is 0 Å². The number of hydrogen-bond acceptors (Lipinski definition) is 1. The number of halogens is 2. The summed E-state index contributed by atoms with van der Waals surface area (Å²) in [6, 6.07) is 0. The molecule has 1 unspecified atom stereocenters. The molecule has 1 aliphatic rings. The fourth-order valence-corrected chi connectivity index (χ4v) is 1.78. The summed E-state index contributed by atoms with van der Waals surface area (Å²) in [7, 11) is 0. The second-order valence-corrected chi connectivity index (χ2v) is 3.78. The van der Waals surface area contributed by atoms with Crippen molar-refractivity contribution < 1.29 is 17.5 Å². The van der Waals surface area contributed by atoms with E-state index in [9.17, 15) is 13.0 Å². The van der Waals surface area contributed by atoms with Gasteiger partial charge in [0.25, 0.3) is 6.43 Å². The largest absolute Gasteiger partial charge is 0.306 e. The molecule has 1 aliphatic carbocycles. The predicted molar refractivity (Wildman–Crippen MR) is 33.4 cm³/mol. The van der Waals surface area contributed by atoms with Crippen molar-refractivity contribution in [3.05, 3.63) is 0 Å². The van der Waals surface area contributed by atoms with E-state index >= 15 is 0 Å². The van der Waals surface area contributed by atoms with Gasteiger partial charge >= 0.3 is 0 Å². The Kier molecular flexibility index (Phi) is 2.05. The molecule has 10 heavy (non-hydrogen) atoms. The monoisotopic (exact) mass is 170 g/mol. The second kappa shape index (κ2) is 2.54. The molecule has 1 rings (SSSR count). The van der Waals surface area contributed by atoms with E-state index in [-0.39, 0.29) is 12.8 Å². The van der Waals surface area contributed by atoms with Crippen molar-refractivity contribution in [2.24, 2.45) is 0 Å². The molecule has 0 aliphatic heterocycles. The first kappa shape index (κ1) is 8.07. The molecule has 60 valence electrons. The van der Waals surface area contributed by atoms with Crippen LogP contribution in [0.1, 0.15) is 19.3 Å². The Hall–Kier alpha value is -0.0300. The summed E-state index contributed by atoms with van der Waals surface area (Å²) in [5, 5.41) is 0. The number of alkyl halides is 2.